The van der Waals surface area contributed by atoms with E-state index in [0.29, 0.717) is 6.07 Å². The van der Waals surface area contributed by atoms with Crippen molar-refractivity contribution in [3.05, 3.63) is 51.9 Å². The Morgan fingerprint density at radius 2 is 2.09 bits per heavy atom. The summed E-state index contributed by atoms with van der Waals surface area (Å²) < 4.78 is 27.6. The van der Waals surface area contributed by atoms with Gasteiger partial charge >= 0.3 is 0 Å². The summed E-state index contributed by atoms with van der Waals surface area (Å²) in [6, 6.07) is 4.00. The molecule has 0 radical (unpaired) electrons. The molecule has 0 aliphatic heterocycles. The number of hydrogen-bond acceptors (Lipinski definition) is 4. The molecule has 2 aromatic rings. The van der Waals surface area contributed by atoms with Crippen LogP contribution in [0.15, 0.2) is 29.1 Å². The number of rotatable bonds is 5. The molecule has 7 heteroatoms. The molecular weight excluding hydrogens is 292 g/mol. The van der Waals surface area contributed by atoms with Gasteiger partial charge in [-0.15, -0.1) is 0 Å². The van der Waals surface area contributed by atoms with E-state index < -0.39 is 17.2 Å². The summed E-state index contributed by atoms with van der Waals surface area (Å²) >= 11 is 0. The Morgan fingerprint density at radius 3 is 2.73 bits per heavy atom. The third-order valence-corrected chi connectivity index (χ3v) is 3.35. The van der Waals surface area contributed by atoms with E-state index in [1.54, 1.807) is 0 Å². The van der Waals surface area contributed by atoms with Crippen molar-refractivity contribution in [3.8, 4) is 11.4 Å². The summed E-state index contributed by atoms with van der Waals surface area (Å²) in [7, 11) is 0. The summed E-state index contributed by atoms with van der Waals surface area (Å²) in [6.07, 6.45) is 0.882. The van der Waals surface area contributed by atoms with E-state index in [4.69, 9.17) is 0 Å². The summed E-state index contributed by atoms with van der Waals surface area (Å²) in [5, 5.41) is 16.9. The Labute approximate surface area is 126 Å². The highest BCUT2D eigenvalue weighted by Crippen LogP contribution is 2.15. The van der Waals surface area contributed by atoms with E-state index in [2.05, 4.69) is 10.4 Å². The Kier molecular flexibility index (Phi) is 4.87. The fraction of sp³-hybridized carbons (Fsp3) is 0.333. The zero-order chi connectivity index (χ0) is 16.3. The molecule has 0 bridgehead atoms. The topological polar surface area (TPSA) is 67.2 Å². The molecule has 1 aromatic heterocycles. The molecule has 0 aliphatic carbocycles. The molecule has 0 saturated heterocycles. The van der Waals surface area contributed by atoms with Gasteiger partial charge in [0.05, 0.1) is 0 Å². The number of benzene rings is 1. The zero-order valence-corrected chi connectivity index (χ0v) is 12.3. The van der Waals surface area contributed by atoms with Crippen LogP contribution >= 0.6 is 0 Å². The number of aromatic hydroxyl groups is 1. The highest BCUT2D eigenvalue weighted by Gasteiger charge is 2.13. The van der Waals surface area contributed by atoms with Gasteiger partial charge in [-0.2, -0.15) is 9.78 Å². The first-order valence-corrected chi connectivity index (χ1v) is 6.93. The predicted octanol–water partition coefficient (Wildman–Crippen LogP) is 2.10. The fourth-order valence-corrected chi connectivity index (χ4v) is 1.85. The molecule has 1 unspecified atom stereocenters. The molecule has 22 heavy (non-hydrogen) atoms. The van der Waals surface area contributed by atoms with Crippen LogP contribution in [-0.4, -0.2) is 20.9 Å². The van der Waals surface area contributed by atoms with Gasteiger partial charge in [-0.25, -0.2) is 8.78 Å². The molecule has 0 aliphatic rings. The van der Waals surface area contributed by atoms with Gasteiger partial charge in [0.2, 0.25) is 0 Å². The second-order valence-corrected chi connectivity index (χ2v) is 5.01. The average Bonchev–Trinajstić information content (AvgIpc) is 2.47. The van der Waals surface area contributed by atoms with Crippen LogP contribution in [0.1, 0.15) is 26.0 Å². The maximum atomic E-state index is 13.8. The van der Waals surface area contributed by atoms with Gasteiger partial charge in [-0.1, -0.05) is 6.92 Å². The molecule has 0 spiro atoms. The van der Waals surface area contributed by atoms with E-state index in [-0.39, 0.29) is 29.7 Å². The van der Waals surface area contributed by atoms with Gasteiger partial charge in [0.1, 0.15) is 22.9 Å². The lowest BCUT2D eigenvalue weighted by molar-refractivity contribution is 0.442. The van der Waals surface area contributed by atoms with Crippen molar-refractivity contribution >= 4 is 0 Å². The second kappa shape index (κ2) is 6.65. The number of aromatic nitrogens is 2. The highest BCUT2D eigenvalue weighted by atomic mass is 19.1. The quantitative estimate of drug-likeness (QED) is 0.887. The molecule has 118 valence electrons. The number of hydrogen-bond donors (Lipinski definition) is 2. The first kappa shape index (κ1) is 16.1. The van der Waals surface area contributed by atoms with E-state index in [1.165, 1.54) is 0 Å². The van der Waals surface area contributed by atoms with Crippen LogP contribution < -0.4 is 10.9 Å². The molecule has 0 saturated carbocycles. The van der Waals surface area contributed by atoms with Crippen molar-refractivity contribution in [2.45, 2.75) is 32.9 Å². The van der Waals surface area contributed by atoms with Crippen LogP contribution in [0.2, 0.25) is 0 Å². The standard InChI is InChI=1S/C15H17F2N3O2/c1-3-9(2)18-8-12-14(21)7-15(22)20(19-12)13-5-4-10(16)6-11(13)17/h4-7,9,18,21H,3,8H2,1-2H3. The van der Waals surface area contributed by atoms with Crippen LogP contribution in [0.5, 0.6) is 5.75 Å². The third-order valence-electron chi connectivity index (χ3n) is 3.35. The lowest BCUT2D eigenvalue weighted by atomic mass is 10.2. The molecule has 2 rings (SSSR count). The summed E-state index contributed by atoms with van der Waals surface area (Å²) in [5.74, 6) is -1.91. The van der Waals surface area contributed by atoms with Gasteiger partial charge < -0.3 is 10.4 Å². The Balaban J connectivity index is 2.42. The van der Waals surface area contributed by atoms with Crippen LogP contribution in [-0.2, 0) is 6.54 Å². The normalized spacial score (nSPS) is 12.4. The first-order valence-electron chi connectivity index (χ1n) is 6.93. The molecule has 0 amide bonds. The summed E-state index contributed by atoms with van der Waals surface area (Å²) in [6.45, 7) is 4.19. The van der Waals surface area contributed by atoms with Gasteiger partial charge in [-0.05, 0) is 25.5 Å². The van der Waals surface area contributed by atoms with Crippen LogP contribution in [0.3, 0.4) is 0 Å². The third kappa shape index (κ3) is 3.48. The minimum Gasteiger partial charge on any atom is -0.506 e. The Hall–Kier alpha value is -2.28. The molecule has 5 nitrogen and oxygen atoms in total. The molecule has 2 N–H and O–H groups in total. The van der Waals surface area contributed by atoms with Crippen molar-refractivity contribution in [2.24, 2.45) is 0 Å². The molecule has 0 fully saturated rings. The van der Waals surface area contributed by atoms with Crippen LogP contribution in [0.25, 0.3) is 5.69 Å². The lowest BCUT2D eigenvalue weighted by Crippen LogP contribution is -2.28. The van der Waals surface area contributed by atoms with E-state index in [0.717, 1.165) is 29.3 Å². The fourth-order valence-electron chi connectivity index (χ4n) is 1.85. The summed E-state index contributed by atoms with van der Waals surface area (Å²) in [4.78, 5) is 11.9. The zero-order valence-electron chi connectivity index (χ0n) is 12.3. The monoisotopic (exact) mass is 309 g/mol. The minimum absolute atomic E-state index is 0.170. The van der Waals surface area contributed by atoms with E-state index in [1.807, 2.05) is 13.8 Å². The predicted molar refractivity (Wildman–Crippen MR) is 78.0 cm³/mol. The van der Waals surface area contributed by atoms with Gasteiger partial charge in [-0.3, -0.25) is 4.79 Å². The van der Waals surface area contributed by atoms with Crippen molar-refractivity contribution in [1.82, 2.24) is 15.1 Å². The second-order valence-electron chi connectivity index (χ2n) is 5.01. The average molecular weight is 309 g/mol. The van der Waals surface area contributed by atoms with Gasteiger partial charge in [0, 0.05) is 24.7 Å². The Bertz CT molecular complexity index is 731. The van der Waals surface area contributed by atoms with Crippen molar-refractivity contribution in [3.63, 3.8) is 0 Å². The van der Waals surface area contributed by atoms with E-state index in [9.17, 15) is 18.7 Å². The lowest BCUT2D eigenvalue weighted by Gasteiger charge is -2.13. The molecule has 1 heterocycles. The molecular formula is C15H17F2N3O2. The van der Waals surface area contributed by atoms with Crippen molar-refractivity contribution < 1.29 is 13.9 Å². The number of nitrogens with zero attached hydrogens (tertiary/aromatic N) is 2. The summed E-state index contributed by atoms with van der Waals surface area (Å²) in [5.41, 5.74) is -0.657. The molecule has 1 aromatic carbocycles. The van der Waals surface area contributed by atoms with Crippen LogP contribution in [0.4, 0.5) is 8.78 Å². The molecule has 1 atom stereocenters. The number of halogens is 2. The highest BCUT2D eigenvalue weighted by molar-refractivity contribution is 5.34. The minimum atomic E-state index is -0.902. The first-order chi connectivity index (χ1) is 10.4. The van der Waals surface area contributed by atoms with Gasteiger partial charge in [0.25, 0.3) is 5.56 Å². The van der Waals surface area contributed by atoms with Crippen molar-refractivity contribution in [1.29, 1.82) is 0 Å². The number of nitrogens with one attached hydrogen (secondary N) is 1. The Morgan fingerprint density at radius 1 is 1.36 bits per heavy atom. The van der Waals surface area contributed by atoms with Crippen LogP contribution in [0, 0.1) is 11.6 Å². The smallest absolute Gasteiger partial charge is 0.275 e. The maximum Gasteiger partial charge on any atom is 0.275 e. The SMILES string of the molecule is CCC(C)NCc1nn(-c2ccc(F)cc2F)c(=O)cc1O. The largest absolute Gasteiger partial charge is 0.506 e. The van der Waals surface area contributed by atoms with E-state index >= 15 is 0 Å². The van der Waals surface area contributed by atoms with Crippen molar-refractivity contribution in [2.75, 3.05) is 0 Å². The maximum absolute atomic E-state index is 13.8. The van der Waals surface area contributed by atoms with Gasteiger partial charge in [0.15, 0.2) is 5.82 Å².